The minimum atomic E-state index is -0.0138. The minimum absolute atomic E-state index is 0.0138. The number of hydrogen-bond acceptors (Lipinski definition) is 4. The number of hydrogen-bond donors (Lipinski definition) is 2. The van der Waals surface area contributed by atoms with Crippen molar-refractivity contribution < 1.29 is 4.79 Å². The van der Waals surface area contributed by atoms with Gasteiger partial charge in [0, 0.05) is 39.0 Å². The first kappa shape index (κ1) is 19.2. The molecule has 8 nitrogen and oxygen atoms in total. The number of likely N-dealkylation sites (N-methyl/N-ethyl adjacent to an activating group) is 1. The Bertz CT molecular complexity index is 608. The molecule has 1 aromatic rings. The highest BCUT2D eigenvalue weighted by atomic mass is 16.2. The zero-order valence-electron chi connectivity index (χ0n) is 16.0. The number of amides is 1. The maximum atomic E-state index is 11.8. The molecule has 1 aliphatic heterocycles. The summed E-state index contributed by atoms with van der Waals surface area (Å²) in [4.78, 5) is 22.4. The average Bonchev–Trinajstić information content (AvgIpc) is 3.01. The van der Waals surface area contributed by atoms with Gasteiger partial charge in [-0.05, 0) is 19.8 Å². The van der Waals surface area contributed by atoms with Crippen molar-refractivity contribution in [2.75, 3.05) is 20.6 Å². The third-order valence-electron chi connectivity index (χ3n) is 4.43. The van der Waals surface area contributed by atoms with Crippen LogP contribution in [0.2, 0.25) is 0 Å². The van der Waals surface area contributed by atoms with Crippen molar-refractivity contribution in [3.8, 4) is 0 Å². The van der Waals surface area contributed by atoms with Crippen molar-refractivity contribution in [1.82, 2.24) is 30.3 Å². The van der Waals surface area contributed by atoms with Gasteiger partial charge in [-0.3, -0.25) is 4.79 Å². The number of guanidine groups is 1. The molecule has 25 heavy (non-hydrogen) atoms. The zero-order chi connectivity index (χ0) is 18.4. The van der Waals surface area contributed by atoms with Crippen LogP contribution in [0.1, 0.15) is 45.3 Å². The maximum Gasteiger partial charge on any atom is 0.243 e. The molecule has 2 heterocycles. The fraction of sp³-hybridized carbons (Fsp3) is 0.765. The topological polar surface area (TPSA) is 87.4 Å². The Hall–Kier alpha value is -2.12. The molecule has 0 fully saturated rings. The van der Waals surface area contributed by atoms with Crippen LogP contribution in [0.15, 0.2) is 4.99 Å². The number of nitrogens with zero attached hydrogens (tertiary/aromatic N) is 5. The van der Waals surface area contributed by atoms with Crippen LogP contribution in [0, 0.1) is 0 Å². The highest BCUT2D eigenvalue weighted by molar-refractivity contribution is 5.85. The molecule has 0 bridgehead atoms. The summed E-state index contributed by atoms with van der Waals surface area (Å²) in [5.41, 5.74) is 0. The van der Waals surface area contributed by atoms with E-state index in [0.717, 1.165) is 43.9 Å². The molecule has 0 spiro atoms. The van der Waals surface area contributed by atoms with E-state index < -0.39 is 0 Å². The van der Waals surface area contributed by atoms with Crippen LogP contribution in [0.3, 0.4) is 0 Å². The van der Waals surface area contributed by atoms with Gasteiger partial charge in [-0.15, -0.1) is 0 Å². The van der Waals surface area contributed by atoms with Crippen molar-refractivity contribution in [3.05, 3.63) is 11.6 Å². The van der Waals surface area contributed by atoms with Crippen molar-refractivity contribution in [1.29, 1.82) is 0 Å². The van der Waals surface area contributed by atoms with Gasteiger partial charge < -0.3 is 15.5 Å². The van der Waals surface area contributed by atoms with E-state index in [9.17, 15) is 4.79 Å². The third kappa shape index (κ3) is 5.44. The Morgan fingerprint density at radius 3 is 2.84 bits per heavy atom. The maximum absolute atomic E-state index is 11.8. The van der Waals surface area contributed by atoms with E-state index in [-0.39, 0.29) is 24.5 Å². The van der Waals surface area contributed by atoms with E-state index in [0.29, 0.717) is 5.96 Å². The first-order valence-electron chi connectivity index (χ1n) is 9.13. The standard InChI is InChI=1S/C17H31N7O/c1-6-12(3)19-17(18-10-16(25)23(4)5)20-13-8-9-15-21-14(7-2)22-24(15)11-13/h12-13H,6-11H2,1-5H3,(H2,18,19,20). The number of nitrogens with one attached hydrogen (secondary N) is 2. The summed E-state index contributed by atoms with van der Waals surface area (Å²) in [5, 5.41) is 11.4. The smallest absolute Gasteiger partial charge is 0.243 e. The molecule has 0 saturated heterocycles. The zero-order valence-corrected chi connectivity index (χ0v) is 16.0. The first-order chi connectivity index (χ1) is 11.9. The first-order valence-corrected chi connectivity index (χ1v) is 9.13. The van der Waals surface area contributed by atoms with Gasteiger partial charge in [-0.25, -0.2) is 14.7 Å². The van der Waals surface area contributed by atoms with Gasteiger partial charge in [-0.2, -0.15) is 5.10 Å². The molecule has 2 rings (SSSR count). The summed E-state index contributed by atoms with van der Waals surface area (Å²) in [6, 6.07) is 0.515. The lowest BCUT2D eigenvalue weighted by Crippen LogP contribution is -2.49. The second-order valence-electron chi connectivity index (χ2n) is 6.77. The summed E-state index contributed by atoms with van der Waals surface area (Å²) in [7, 11) is 3.48. The Morgan fingerprint density at radius 1 is 1.44 bits per heavy atom. The number of rotatable bonds is 6. The molecular weight excluding hydrogens is 318 g/mol. The monoisotopic (exact) mass is 349 g/mol. The molecule has 2 atom stereocenters. The van der Waals surface area contributed by atoms with E-state index in [1.165, 1.54) is 0 Å². The van der Waals surface area contributed by atoms with Crippen LogP contribution in [0.4, 0.5) is 0 Å². The van der Waals surface area contributed by atoms with Crippen molar-refractivity contribution in [2.24, 2.45) is 4.99 Å². The van der Waals surface area contributed by atoms with Gasteiger partial charge in [0.25, 0.3) is 0 Å². The SMILES string of the molecule is CCc1nc2n(n1)CC(NC(=NCC(=O)N(C)C)NC(C)CC)CC2. The quantitative estimate of drug-likeness (QED) is 0.579. The molecule has 1 aromatic heterocycles. The second kappa shape index (κ2) is 8.82. The van der Waals surface area contributed by atoms with Gasteiger partial charge in [-0.1, -0.05) is 13.8 Å². The Morgan fingerprint density at radius 2 is 2.20 bits per heavy atom. The predicted molar refractivity (Wildman–Crippen MR) is 98.5 cm³/mol. The number of fused-ring (bicyclic) bond motifs is 1. The van der Waals surface area contributed by atoms with Crippen molar-refractivity contribution in [3.63, 3.8) is 0 Å². The largest absolute Gasteiger partial charge is 0.354 e. The number of aromatic nitrogens is 3. The van der Waals surface area contributed by atoms with E-state index >= 15 is 0 Å². The van der Waals surface area contributed by atoms with Gasteiger partial charge >= 0.3 is 0 Å². The summed E-state index contributed by atoms with van der Waals surface area (Å²) < 4.78 is 1.99. The van der Waals surface area contributed by atoms with E-state index in [1.807, 2.05) is 4.68 Å². The van der Waals surface area contributed by atoms with Gasteiger partial charge in [0.05, 0.1) is 6.54 Å². The number of carbonyl (C=O) groups excluding carboxylic acids is 1. The van der Waals surface area contributed by atoms with E-state index in [1.54, 1.807) is 19.0 Å². The molecule has 8 heteroatoms. The molecule has 0 aliphatic carbocycles. The normalized spacial score (nSPS) is 18.4. The fourth-order valence-electron chi connectivity index (χ4n) is 2.58. The summed E-state index contributed by atoms with van der Waals surface area (Å²) in [5.74, 6) is 2.64. The van der Waals surface area contributed by atoms with Crippen LogP contribution in [-0.2, 0) is 24.2 Å². The third-order valence-corrected chi connectivity index (χ3v) is 4.43. The van der Waals surface area contributed by atoms with Crippen molar-refractivity contribution in [2.45, 2.75) is 65.1 Å². The Labute approximate surface area is 150 Å². The number of carbonyl (C=O) groups is 1. The predicted octanol–water partition coefficient (Wildman–Crippen LogP) is 0.577. The molecule has 0 radical (unpaired) electrons. The number of aryl methyl sites for hydroxylation is 2. The molecule has 1 aliphatic rings. The van der Waals surface area contributed by atoms with Crippen LogP contribution in [0.25, 0.3) is 0 Å². The lowest BCUT2D eigenvalue weighted by atomic mass is 10.1. The lowest BCUT2D eigenvalue weighted by molar-refractivity contribution is -0.127. The fourth-order valence-corrected chi connectivity index (χ4v) is 2.58. The van der Waals surface area contributed by atoms with Crippen molar-refractivity contribution >= 4 is 11.9 Å². The number of aliphatic imine (C=N–C) groups is 1. The van der Waals surface area contributed by atoms with Crippen LogP contribution in [0.5, 0.6) is 0 Å². The molecule has 0 saturated carbocycles. The molecular formula is C17H31N7O. The van der Waals surface area contributed by atoms with Crippen LogP contribution < -0.4 is 10.6 Å². The van der Waals surface area contributed by atoms with E-state index in [2.05, 4.69) is 46.5 Å². The van der Waals surface area contributed by atoms with Gasteiger partial charge in [0.2, 0.25) is 5.91 Å². The molecule has 2 unspecified atom stereocenters. The Balaban J connectivity index is 2.03. The van der Waals surface area contributed by atoms with Gasteiger partial charge in [0.1, 0.15) is 12.4 Å². The van der Waals surface area contributed by atoms with Gasteiger partial charge in [0.15, 0.2) is 11.8 Å². The second-order valence-corrected chi connectivity index (χ2v) is 6.77. The Kier molecular flexibility index (Phi) is 6.78. The molecule has 0 aromatic carbocycles. The highest BCUT2D eigenvalue weighted by Crippen LogP contribution is 2.13. The van der Waals surface area contributed by atoms with E-state index in [4.69, 9.17) is 0 Å². The summed E-state index contributed by atoms with van der Waals surface area (Å²) in [6.45, 7) is 7.20. The lowest BCUT2D eigenvalue weighted by Gasteiger charge is -2.26. The summed E-state index contributed by atoms with van der Waals surface area (Å²) >= 11 is 0. The highest BCUT2D eigenvalue weighted by Gasteiger charge is 2.22. The summed E-state index contributed by atoms with van der Waals surface area (Å²) in [6.07, 6.45) is 3.72. The molecule has 2 N–H and O–H groups in total. The molecule has 140 valence electrons. The average molecular weight is 349 g/mol. The van der Waals surface area contributed by atoms with Crippen LogP contribution in [-0.4, -0.2) is 64.3 Å². The minimum Gasteiger partial charge on any atom is -0.354 e. The van der Waals surface area contributed by atoms with Crippen LogP contribution >= 0.6 is 0 Å². The molecule has 1 amide bonds.